The molecule has 0 radical (unpaired) electrons. The zero-order valence-corrected chi connectivity index (χ0v) is 9.11. The van der Waals surface area contributed by atoms with Gasteiger partial charge in [-0.25, -0.2) is 0 Å². The van der Waals surface area contributed by atoms with E-state index in [4.69, 9.17) is 0 Å². The smallest absolute Gasteiger partial charge is 0.356 e. The Morgan fingerprint density at radius 2 is 2.00 bits per heavy atom. The summed E-state index contributed by atoms with van der Waals surface area (Å²) in [4.78, 5) is 10.8. The number of halogens is 4. The second-order valence-corrected chi connectivity index (χ2v) is 3.59. The van der Waals surface area contributed by atoms with Gasteiger partial charge >= 0.3 is 6.18 Å². The Morgan fingerprint density at radius 1 is 1.38 bits per heavy atom. The predicted molar refractivity (Wildman–Crippen MR) is 51.8 cm³/mol. The molecule has 0 saturated heterocycles. The van der Waals surface area contributed by atoms with E-state index in [1.54, 1.807) is 0 Å². The van der Waals surface area contributed by atoms with Crippen LogP contribution in [0.5, 0.6) is 0 Å². The second-order valence-electron chi connectivity index (χ2n) is 2.51. The molecule has 2 nitrogen and oxygen atoms in total. The minimum atomic E-state index is -4.24. The standard InChI is InChI=1S/C7H11F3INO/c8-7(9,10)3-2-6(13)12-5-1-4-11/h1-5H2,(H,12,13). The third-order valence-corrected chi connectivity index (χ3v) is 2.03. The van der Waals surface area contributed by atoms with Crippen molar-refractivity contribution < 1.29 is 18.0 Å². The van der Waals surface area contributed by atoms with Crippen LogP contribution in [-0.2, 0) is 4.79 Å². The summed E-state index contributed by atoms with van der Waals surface area (Å²) in [6, 6.07) is 0. The summed E-state index contributed by atoms with van der Waals surface area (Å²) in [5.74, 6) is -0.526. The third-order valence-electron chi connectivity index (χ3n) is 1.27. The van der Waals surface area contributed by atoms with Gasteiger partial charge in [0.25, 0.3) is 0 Å². The summed E-state index contributed by atoms with van der Waals surface area (Å²) in [5.41, 5.74) is 0. The predicted octanol–water partition coefficient (Wildman–Crippen LogP) is 2.27. The number of alkyl halides is 4. The van der Waals surface area contributed by atoms with Crippen molar-refractivity contribution in [2.45, 2.75) is 25.4 Å². The van der Waals surface area contributed by atoms with Gasteiger partial charge in [0.2, 0.25) is 5.91 Å². The number of carbonyl (C=O) groups excluding carboxylic acids is 1. The maximum Gasteiger partial charge on any atom is 0.389 e. The first-order valence-electron chi connectivity index (χ1n) is 3.85. The molecule has 1 amide bonds. The van der Waals surface area contributed by atoms with Crippen LogP contribution in [0.25, 0.3) is 0 Å². The van der Waals surface area contributed by atoms with Crippen LogP contribution in [0.15, 0.2) is 0 Å². The molecule has 0 atom stereocenters. The van der Waals surface area contributed by atoms with Crippen LogP contribution in [0.1, 0.15) is 19.3 Å². The van der Waals surface area contributed by atoms with E-state index in [2.05, 4.69) is 27.9 Å². The minimum Gasteiger partial charge on any atom is -0.356 e. The van der Waals surface area contributed by atoms with Gasteiger partial charge in [-0.1, -0.05) is 22.6 Å². The van der Waals surface area contributed by atoms with Crippen LogP contribution in [0.2, 0.25) is 0 Å². The van der Waals surface area contributed by atoms with Crippen LogP contribution >= 0.6 is 22.6 Å². The zero-order valence-electron chi connectivity index (χ0n) is 6.96. The first kappa shape index (κ1) is 13.0. The van der Waals surface area contributed by atoms with Gasteiger partial charge in [0.05, 0.1) is 6.42 Å². The average Bonchev–Trinajstić information content (AvgIpc) is 2.00. The molecule has 78 valence electrons. The molecule has 0 heterocycles. The van der Waals surface area contributed by atoms with Crippen LogP contribution < -0.4 is 5.32 Å². The summed E-state index contributed by atoms with van der Waals surface area (Å²) >= 11 is 2.14. The average molecular weight is 309 g/mol. The van der Waals surface area contributed by atoms with E-state index in [-0.39, 0.29) is 0 Å². The van der Waals surface area contributed by atoms with E-state index >= 15 is 0 Å². The molecule has 0 aromatic heterocycles. The van der Waals surface area contributed by atoms with Gasteiger partial charge in [-0.2, -0.15) is 13.2 Å². The lowest BCUT2D eigenvalue weighted by Gasteiger charge is -2.06. The highest BCUT2D eigenvalue weighted by Crippen LogP contribution is 2.20. The van der Waals surface area contributed by atoms with Crippen LogP contribution in [-0.4, -0.2) is 23.1 Å². The van der Waals surface area contributed by atoms with Crippen molar-refractivity contribution in [2.24, 2.45) is 0 Å². The fraction of sp³-hybridized carbons (Fsp3) is 0.857. The van der Waals surface area contributed by atoms with E-state index in [9.17, 15) is 18.0 Å². The monoisotopic (exact) mass is 309 g/mol. The molecule has 0 aliphatic rings. The first-order valence-corrected chi connectivity index (χ1v) is 5.37. The highest BCUT2D eigenvalue weighted by atomic mass is 127. The van der Waals surface area contributed by atoms with Crippen molar-refractivity contribution in [2.75, 3.05) is 11.0 Å². The molecule has 0 aromatic rings. The quantitative estimate of drug-likeness (QED) is 0.471. The Bertz CT molecular complexity index is 160. The molecule has 0 aliphatic carbocycles. The third kappa shape index (κ3) is 9.91. The van der Waals surface area contributed by atoms with Gasteiger partial charge in [0.1, 0.15) is 0 Å². The lowest BCUT2D eigenvalue weighted by Crippen LogP contribution is -2.26. The molecule has 0 spiro atoms. The summed E-state index contributed by atoms with van der Waals surface area (Å²) in [7, 11) is 0. The molecule has 0 saturated carbocycles. The molecule has 0 rings (SSSR count). The van der Waals surface area contributed by atoms with E-state index in [0.717, 1.165) is 10.8 Å². The lowest BCUT2D eigenvalue weighted by molar-refractivity contribution is -0.144. The number of rotatable bonds is 5. The minimum absolute atomic E-state index is 0.458. The van der Waals surface area contributed by atoms with Gasteiger partial charge < -0.3 is 5.32 Å². The summed E-state index contributed by atoms with van der Waals surface area (Å²) < 4.78 is 35.8. The fourth-order valence-electron chi connectivity index (χ4n) is 0.638. The SMILES string of the molecule is O=C(CCC(F)(F)F)NCCCI. The number of hydrogen-bond donors (Lipinski definition) is 1. The molecule has 1 N–H and O–H groups in total. The molecular formula is C7H11F3INO. The van der Waals surface area contributed by atoms with E-state index in [0.29, 0.717) is 6.54 Å². The Hall–Kier alpha value is -0.0100. The Labute approximate surface area is 88.4 Å². The summed E-state index contributed by atoms with van der Waals surface area (Å²) in [5, 5.41) is 2.41. The molecule has 0 aromatic carbocycles. The molecule has 13 heavy (non-hydrogen) atoms. The van der Waals surface area contributed by atoms with Crippen LogP contribution in [0.4, 0.5) is 13.2 Å². The van der Waals surface area contributed by atoms with Crippen molar-refractivity contribution in [3.8, 4) is 0 Å². The summed E-state index contributed by atoms with van der Waals surface area (Å²) in [6.45, 7) is 0.458. The van der Waals surface area contributed by atoms with Crippen LogP contribution in [0, 0.1) is 0 Å². The number of amides is 1. The number of nitrogens with one attached hydrogen (secondary N) is 1. The van der Waals surface area contributed by atoms with E-state index in [1.165, 1.54) is 0 Å². The van der Waals surface area contributed by atoms with E-state index in [1.807, 2.05) is 0 Å². The highest BCUT2D eigenvalue weighted by Gasteiger charge is 2.27. The number of carbonyl (C=O) groups is 1. The van der Waals surface area contributed by atoms with Crippen molar-refractivity contribution in [3.05, 3.63) is 0 Å². The van der Waals surface area contributed by atoms with Gasteiger partial charge in [-0.05, 0) is 6.42 Å². The van der Waals surface area contributed by atoms with E-state index < -0.39 is 24.9 Å². The maximum absolute atomic E-state index is 11.6. The number of hydrogen-bond acceptors (Lipinski definition) is 1. The maximum atomic E-state index is 11.6. The Morgan fingerprint density at radius 3 is 2.46 bits per heavy atom. The molecule has 0 aliphatic heterocycles. The zero-order chi connectivity index (χ0) is 10.3. The first-order chi connectivity index (χ1) is 5.95. The van der Waals surface area contributed by atoms with Gasteiger partial charge in [0.15, 0.2) is 0 Å². The topological polar surface area (TPSA) is 29.1 Å². The highest BCUT2D eigenvalue weighted by molar-refractivity contribution is 14.1. The van der Waals surface area contributed by atoms with Crippen molar-refractivity contribution >= 4 is 28.5 Å². The molecule has 0 bridgehead atoms. The van der Waals surface area contributed by atoms with Gasteiger partial charge in [0, 0.05) is 17.4 Å². The fourth-order valence-corrected chi connectivity index (χ4v) is 1.02. The Balaban J connectivity index is 3.41. The van der Waals surface area contributed by atoms with Crippen molar-refractivity contribution in [1.82, 2.24) is 5.32 Å². The largest absolute Gasteiger partial charge is 0.389 e. The molecule has 6 heteroatoms. The second kappa shape index (κ2) is 6.44. The van der Waals surface area contributed by atoms with Crippen molar-refractivity contribution in [1.29, 1.82) is 0 Å². The van der Waals surface area contributed by atoms with Gasteiger partial charge in [-0.3, -0.25) is 4.79 Å². The van der Waals surface area contributed by atoms with Gasteiger partial charge in [-0.15, -0.1) is 0 Å². The molecule has 0 fully saturated rings. The summed E-state index contributed by atoms with van der Waals surface area (Å²) in [6.07, 6.45) is -4.95. The normalized spacial score (nSPS) is 11.4. The lowest BCUT2D eigenvalue weighted by atomic mass is 10.3. The molecular weight excluding hydrogens is 298 g/mol. The van der Waals surface area contributed by atoms with Crippen molar-refractivity contribution in [3.63, 3.8) is 0 Å². The van der Waals surface area contributed by atoms with Crippen LogP contribution in [0.3, 0.4) is 0 Å². The Kier molecular flexibility index (Phi) is 6.44. The molecule has 0 unspecified atom stereocenters.